The number of piperidine rings is 1. The lowest BCUT2D eigenvalue weighted by atomic mass is 10.1. The highest BCUT2D eigenvalue weighted by atomic mass is 19.1. The van der Waals surface area contributed by atoms with E-state index in [0.29, 0.717) is 5.56 Å². The van der Waals surface area contributed by atoms with E-state index in [1.807, 2.05) is 0 Å². The van der Waals surface area contributed by atoms with Crippen LogP contribution >= 0.6 is 0 Å². The lowest BCUT2D eigenvalue weighted by molar-refractivity contribution is -0.114. The molecule has 3 rings (SSSR count). The number of nitrogens with two attached hydrogens (primary N) is 1. The third kappa shape index (κ3) is 6.11. The van der Waals surface area contributed by atoms with E-state index in [-0.39, 0.29) is 0 Å². The van der Waals surface area contributed by atoms with Crippen LogP contribution < -0.4 is 11.1 Å². The van der Waals surface area contributed by atoms with Gasteiger partial charge in [-0.3, -0.25) is 4.79 Å². The van der Waals surface area contributed by atoms with E-state index in [0.717, 1.165) is 50.2 Å². The van der Waals surface area contributed by atoms with E-state index in [4.69, 9.17) is 5.73 Å². The molecule has 0 aromatic heterocycles. The Balaban J connectivity index is 1.69. The summed E-state index contributed by atoms with van der Waals surface area (Å²) >= 11 is 0. The van der Waals surface area contributed by atoms with Gasteiger partial charge in [0.1, 0.15) is 11.6 Å². The third-order valence-electron chi connectivity index (χ3n) is 5.14. The highest BCUT2D eigenvalue weighted by molar-refractivity contribution is 6.00. The van der Waals surface area contributed by atoms with E-state index in [2.05, 4.69) is 15.2 Å². The van der Waals surface area contributed by atoms with Crippen molar-refractivity contribution >= 4 is 23.6 Å². The molecule has 31 heavy (non-hydrogen) atoms. The van der Waals surface area contributed by atoms with Crippen LogP contribution in [0.15, 0.2) is 53.2 Å². The van der Waals surface area contributed by atoms with Crippen LogP contribution in [0.4, 0.5) is 14.5 Å². The highest BCUT2D eigenvalue weighted by Gasteiger charge is 2.14. The molecule has 1 aliphatic rings. The molecule has 2 aromatic rings. The summed E-state index contributed by atoms with van der Waals surface area (Å²) in [6.45, 7) is 4.02. The highest BCUT2D eigenvalue weighted by Crippen LogP contribution is 2.20. The number of primary amides is 1. The van der Waals surface area contributed by atoms with Gasteiger partial charge in [0.15, 0.2) is 11.5 Å². The summed E-state index contributed by atoms with van der Waals surface area (Å²) in [7, 11) is 0. The molecule has 8 heteroatoms. The number of nitrogens with zero attached hydrogens (tertiary/aromatic N) is 2. The third-order valence-corrected chi connectivity index (χ3v) is 5.14. The first kappa shape index (κ1) is 22.4. The molecule has 1 fully saturated rings. The molecule has 0 radical (unpaired) electrons. The van der Waals surface area contributed by atoms with Gasteiger partial charge in [0.05, 0.1) is 5.56 Å². The Labute approximate surface area is 180 Å². The lowest BCUT2D eigenvalue weighted by Crippen LogP contribution is -2.33. The van der Waals surface area contributed by atoms with Gasteiger partial charge in [0.2, 0.25) is 0 Å². The van der Waals surface area contributed by atoms with Crippen molar-refractivity contribution in [2.24, 2.45) is 10.7 Å². The number of carbonyl (C=O) groups excluding carboxylic acids is 1. The van der Waals surface area contributed by atoms with Crippen LogP contribution in [-0.2, 0) is 4.79 Å². The van der Waals surface area contributed by atoms with E-state index in [1.54, 1.807) is 24.3 Å². The van der Waals surface area contributed by atoms with Gasteiger partial charge in [-0.25, -0.2) is 13.8 Å². The molecule has 0 atom stereocenters. The van der Waals surface area contributed by atoms with Crippen molar-refractivity contribution in [3.05, 3.63) is 70.9 Å². The molecular weight excluding hydrogens is 402 g/mol. The number of aliphatic imine (C=N–C) groups is 1. The van der Waals surface area contributed by atoms with Crippen molar-refractivity contribution in [3.8, 4) is 0 Å². The number of rotatable bonds is 8. The number of aliphatic hydroxyl groups is 1. The Morgan fingerprint density at radius 3 is 2.35 bits per heavy atom. The maximum absolute atomic E-state index is 13.8. The summed E-state index contributed by atoms with van der Waals surface area (Å²) in [5, 5.41) is 13.8. The summed E-state index contributed by atoms with van der Waals surface area (Å²) in [5.41, 5.74) is 5.56. The zero-order chi connectivity index (χ0) is 22.2. The number of amides is 1. The number of nitrogens with one attached hydrogen (secondary N) is 1. The summed E-state index contributed by atoms with van der Waals surface area (Å²) < 4.78 is 27.5. The van der Waals surface area contributed by atoms with Gasteiger partial charge < -0.3 is 21.1 Å². The number of likely N-dealkylation sites (tertiary alicyclic amines) is 1. The van der Waals surface area contributed by atoms with Gasteiger partial charge >= 0.3 is 0 Å². The molecule has 1 aliphatic heterocycles. The monoisotopic (exact) mass is 428 g/mol. The Morgan fingerprint density at radius 1 is 1.10 bits per heavy atom. The quantitative estimate of drug-likeness (QED) is 0.340. The average Bonchev–Trinajstić information content (AvgIpc) is 2.76. The maximum atomic E-state index is 13.8. The van der Waals surface area contributed by atoms with Gasteiger partial charge in [-0.05, 0) is 62.3 Å². The molecule has 1 amide bonds. The standard InChI is InChI=1S/C23H26F2N4O2/c24-19-5-4-6-20(25)18(19)15-28-21(23(26)31)22(30)16-7-9-17(10-8-16)27-11-14-29-12-2-1-3-13-29/h4-10,15,27,30H,1-3,11-14H2,(H2,26,31)/b22-21-,28-15?. The molecule has 0 unspecified atom stereocenters. The molecule has 6 nitrogen and oxygen atoms in total. The first-order chi connectivity index (χ1) is 15.0. The molecule has 1 heterocycles. The van der Waals surface area contributed by atoms with E-state index >= 15 is 0 Å². The lowest BCUT2D eigenvalue weighted by Gasteiger charge is -2.26. The molecule has 0 saturated carbocycles. The number of anilines is 1. The molecule has 0 bridgehead atoms. The second kappa shape index (κ2) is 10.7. The van der Waals surface area contributed by atoms with Gasteiger partial charge in [-0.2, -0.15) is 0 Å². The minimum atomic E-state index is -1.02. The largest absolute Gasteiger partial charge is 0.505 e. The van der Waals surface area contributed by atoms with Crippen LogP contribution in [0.3, 0.4) is 0 Å². The van der Waals surface area contributed by atoms with Crippen LogP contribution in [0.1, 0.15) is 30.4 Å². The van der Waals surface area contributed by atoms with Crippen molar-refractivity contribution in [1.29, 1.82) is 0 Å². The van der Waals surface area contributed by atoms with Crippen LogP contribution in [0, 0.1) is 11.6 Å². The topological polar surface area (TPSA) is 91.0 Å². The minimum Gasteiger partial charge on any atom is -0.505 e. The summed E-state index contributed by atoms with van der Waals surface area (Å²) in [5.74, 6) is -3.17. The number of halogens is 2. The number of aliphatic hydroxyl groups excluding tert-OH is 1. The summed E-state index contributed by atoms with van der Waals surface area (Å²) in [6, 6.07) is 10.1. The normalized spacial score (nSPS) is 15.7. The van der Waals surface area contributed by atoms with Crippen LogP contribution in [0.25, 0.3) is 5.76 Å². The first-order valence-electron chi connectivity index (χ1n) is 10.2. The number of hydrogen-bond donors (Lipinski definition) is 3. The fourth-order valence-electron chi connectivity index (χ4n) is 3.43. The zero-order valence-corrected chi connectivity index (χ0v) is 17.2. The van der Waals surface area contributed by atoms with E-state index < -0.39 is 34.6 Å². The van der Waals surface area contributed by atoms with Crippen LogP contribution in [0.2, 0.25) is 0 Å². The van der Waals surface area contributed by atoms with Gasteiger partial charge in [0.25, 0.3) is 5.91 Å². The Hall–Kier alpha value is -3.26. The Morgan fingerprint density at radius 2 is 1.74 bits per heavy atom. The number of carbonyl (C=O) groups is 1. The van der Waals surface area contributed by atoms with Gasteiger partial charge in [-0.15, -0.1) is 0 Å². The molecule has 164 valence electrons. The number of benzene rings is 2. The van der Waals surface area contributed by atoms with Crippen LogP contribution in [0.5, 0.6) is 0 Å². The zero-order valence-electron chi connectivity index (χ0n) is 17.2. The molecule has 0 aliphatic carbocycles. The Bertz CT molecular complexity index is 948. The fourth-order valence-corrected chi connectivity index (χ4v) is 3.43. The SMILES string of the molecule is NC(=O)/C(N=Cc1c(F)cccc1F)=C(/O)c1ccc(NCCN2CCCCC2)cc1. The van der Waals surface area contributed by atoms with Crippen molar-refractivity contribution in [2.45, 2.75) is 19.3 Å². The molecule has 1 saturated heterocycles. The van der Waals surface area contributed by atoms with Crippen molar-refractivity contribution in [1.82, 2.24) is 4.90 Å². The second-order valence-corrected chi connectivity index (χ2v) is 7.36. The smallest absolute Gasteiger partial charge is 0.271 e. The Kier molecular flexibility index (Phi) is 7.72. The van der Waals surface area contributed by atoms with Gasteiger partial charge in [-0.1, -0.05) is 12.5 Å². The first-order valence-corrected chi connectivity index (χ1v) is 10.2. The van der Waals surface area contributed by atoms with E-state index in [9.17, 15) is 18.7 Å². The van der Waals surface area contributed by atoms with Crippen LogP contribution in [-0.4, -0.2) is 48.3 Å². The molecular formula is C23H26F2N4O2. The molecule has 4 N–H and O–H groups in total. The predicted octanol–water partition coefficient (Wildman–Crippen LogP) is 3.69. The van der Waals surface area contributed by atoms with E-state index in [1.165, 1.54) is 25.3 Å². The average molecular weight is 428 g/mol. The maximum Gasteiger partial charge on any atom is 0.271 e. The second-order valence-electron chi connectivity index (χ2n) is 7.36. The summed E-state index contributed by atoms with van der Waals surface area (Å²) in [4.78, 5) is 17.9. The summed E-state index contributed by atoms with van der Waals surface area (Å²) in [6.07, 6.45) is 4.62. The van der Waals surface area contributed by atoms with Crippen molar-refractivity contribution in [3.63, 3.8) is 0 Å². The van der Waals surface area contributed by atoms with Crippen molar-refractivity contribution < 1.29 is 18.7 Å². The molecule has 0 spiro atoms. The fraction of sp³-hybridized carbons (Fsp3) is 0.304. The van der Waals surface area contributed by atoms with Gasteiger partial charge in [0, 0.05) is 30.6 Å². The van der Waals surface area contributed by atoms with Crippen molar-refractivity contribution in [2.75, 3.05) is 31.5 Å². The predicted molar refractivity (Wildman–Crippen MR) is 118 cm³/mol. The minimum absolute atomic E-state index is 0.307. The number of hydrogen-bond acceptors (Lipinski definition) is 5. The molecule has 2 aromatic carbocycles.